The molecule has 7 heteroatoms. The van der Waals surface area contributed by atoms with Crippen LogP contribution in [0.2, 0.25) is 0 Å². The third-order valence-electron chi connectivity index (χ3n) is 5.17. The van der Waals surface area contributed by atoms with Gasteiger partial charge >= 0.3 is 0 Å². The minimum atomic E-state index is -0.777. The number of ketones is 1. The number of carbonyl (C=O) groups is 2. The summed E-state index contributed by atoms with van der Waals surface area (Å²) in [5.74, 6) is 0.252. The predicted octanol–water partition coefficient (Wildman–Crippen LogP) is 3.67. The lowest BCUT2D eigenvalue weighted by Crippen LogP contribution is -2.35. The van der Waals surface area contributed by atoms with E-state index in [0.717, 1.165) is 5.56 Å². The summed E-state index contributed by atoms with van der Waals surface area (Å²) in [6, 6.07) is 7.96. The third-order valence-corrected chi connectivity index (χ3v) is 5.17. The molecular weight excluding hydrogens is 396 g/mol. The van der Waals surface area contributed by atoms with Gasteiger partial charge in [0.2, 0.25) is 0 Å². The van der Waals surface area contributed by atoms with Crippen LogP contribution in [0, 0.1) is 13.8 Å². The van der Waals surface area contributed by atoms with E-state index < -0.39 is 17.7 Å². The van der Waals surface area contributed by atoms with Crippen molar-refractivity contribution in [3.63, 3.8) is 0 Å². The van der Waals surface area contributed by atoms with Crippen molar-refractivity contribution in [3.8, 4) is 5.75 Å². The molecule has 0 aliphatic carbocycles. The maximum atomic E-state index is 13.0. The number of aryl methyl sites for hydroxylation is 2. The first-order chi connectivity index (χ1) is 14.6. The number of aliphatic hydroxyl groups is 1. The van der Waals surface area contributed by atoms with Gasteiger partial charge in [-0.05, 0) is 77.7 Å². The maximum absolute atomic E-state index is 13.0. The largest absolute Gasteiger partial charge is 0.507 e. The van der Waals surface area contributed by atoms with Crippen LogP contribution in [-0.2, 0) is 9.59 Å². The van der Waals surface area contributed by atoms with Gasteiger partial charge in [-0.3, -0.25) is 9.59 Å². The Kier molecular flexibility index (Phi) is 6.55. The molecule has 31 heavy (non-hydrogen) atoms. The minimum Gasteiger partial charge on any atom is -0.507 e. The molecular formula is C24H30N2O5. The SMILES string of the molecule is Cc1ccc(C2/C(=C(/O)c3ccc(OC(C)C)c(C)c3)C(=O)C(=O)N2CCN(C)C)o1. The van der Waals surface area contributed by atoms with Crippen LogP contribution in [-0.4, -0.2) is 59.9 Å². The van der Waals surface area contributed by atoms with Crippen LogP contribution in [0.3, 0.4) is 0 Å². The zero-order valence-corrected chi connectivity index (χ0v) is 18.9. The summed E-state index contributed by atoms with van der Waals surface area (Å²) >= 11 is 0. The minimum absolute atomic E-state index is 0.0161. The highest BCUT2D eigenvalue weighted by Gasteiger charge is 2.47. The second kappa shape index (κ2) is 8.98. The Bertz CT molecular complexity index is 1020. The fraction of sp³-hybridized carbons (Fsp3) is 0.417. The summed E-state index contributed by atoms with van der Waals surface area (Å²) in [6.07, 6.45) is 0.0161. The van der Waals surface area contributed by atoms with Gasteiger partial charge in [0.05, 0.1) is 11.7 Å². The van der Waals surface area contributed by atoms with Gasteiger partial charge in [-0.25, -0.2) is 0 Å². The molecule has 1 saturated heterocycles. The number of likely N-dealkylation sites (tertiary alicyclic amines) is 1. The van der Waals surface area contributed by atoms with Crippen molar-refractivity contribution in [2.75, 3.05) is 27.2 Å². The molecule has 1 aliphatic rings. The number of likely N-dealkylation sites (N-methyl/N-ethyl adjacent to an activating group) is 1. The van der Waals surface area contributed by atoms with Crippen molar-refractivity contribution in [3.05, 3.63) is 58.6 Å². The van der Waals surface area contributed by atoms with Crippen molar-refractivity contribution >= 4 is 17.4 Å². The van der Waals surface area contributed by atoms with Gasteiger partial charge < -0.3 is 24.1 Å². The molecule has 1 N–H and O–H groups in total. The zero-order valence-electron chi connectivity index (χ0n) is 18.9. The first-order valence-electron chi connectivity index (χ1n) is 10.4. The lowest BCUT2D eigenvalue weighted by Gasteiger charge is -2.24. The van der Waals surface area contributed by atoms with Gasteiger partial charge in [0.25, 0.3) is 11.7 Å². The smallest absolute Gasteiger partial charge is 0.295 e. The van der Waals surface area contributed by atoms with Crippen LogP contribution < -0.4 is 4.74 Å². The monoisotopic (exact) mass is 426 g/mol. The molecule has 1 aliphatic heterocycles. The number of Topliss-reactive ketones (excluding diaryl/α,β-unsaturated/α-hetero) is 1. The quantitative estimate of drug-likeness (QED) is 0.413. The molecule has 0 saturated carbocycles. The Morgan fingerprint density at radius 3 is 2.45 bits per heavy atom. The molecule has 1 aromatic heterocycles. The van der Waals surface area contributed by atoms with Gasteiger partial charge in [-0.15, -0.1) is 0 Å². The summed E-state index contributed by atoms with van der Waals surface area (Å²) in [7, 11) is 3.79. The molecule has 2 aromatic rings. The van der Waals surface area contributed by atoms with E-state index in [-0.39, 0.29) is 17.4 Å². The van der Waals surface area contributed by atoms with Gasteiger partial charge in [-0.2, -0.15) is 0 Å². The van der Waals surface area contributed by atoms with Gasteiger partial charge in [-0.1, -0.05) is 0 Å². The summed E-state index contributed by atoms with van der Waals surface area (Å²) in [5, 5.41) is 11.1. The van der Waals surface area contributed by atoms with Crippen LogP contribution in [0.25, 0.3) is 5.76 Å². The molecule has 1 atom stereocenters. The fourth-order valence-corrected chi connectivity index (χ4v) is 3.65. The van der Waals surface area contributed by atoms with Crippen molar-refractivity contribution < 1.29 is 23.8 Å². The number of hydrogen-bond donors (Lipinski definition) is 1. The number of benzene rings is 1. The molecule has 0 radical (unpaired) electrons. The van der Waals surface area contributed by atoms with Crippen molar-refractivity contribution in [2.45, 2.75) is 39.8 Å². The Labute approximate surface area is 182 Å². The van der Waals surface area contributed by atoms with Gasteiger partial charge in [0, 0.05) is 18.7 Å². The van der Waals surface area contributed by atoms with E-state index in [4.69, 9.17) is 9.15 Å². The maximum Gasteiger partial charge on any atom is 0.295 e. The number of aliphatic hydroxyl groups excluding tert-OH is 1. The Hall–Kier alpha value is -3.06. The second-order valence-electron chi connectivity index (χ2n) is 8.39. The molecule has 2 heterocycles. The van der Waals surface area contributed by atoms with Crippen LogP contribution in [0.1, 0.15) is 42.5 Å². The van der Waals surface area contributed by atoms with Crippen LogP contribution >= 0.6 is 0 Å². The summed E-state index contributed by atoms with van der Waals surface area (Å²) in [5.41, 5.74) is 1.31. The molecule has 1 aromatic carbocycles. The number of amides is 1. The topological polar surface area (TPSA) is 83.2 Å². The standard InChI is InChI=1S/C24H30N2O5/c1-14(2)30-18-10-8-17(13-15(18)3)22(27)20-21(19-9-7-16(4)31-19)26(12-11-25(5)6)24(29)23(20)28/h7-10,13-14,21,27H,11-12H2,1-6H3/b22-20-. The van der Waals surface area contributed by atoms with Crippen LogP contribution in [0.5, 0.6) is 5.75 Å². The molecule has 166 valence electrons. The molecule has 1 amide bonds. The number of furan rings is 1. The van der Waals surface area contributed by atoms with E-state index >= 15 is 0 Å². The zero-order chi connectivity index (χ0) is 22.9. The first-order valence-corrected chi connectivity index (χ1v) is 10.4. The second-order valence-corrected chi connectivity index (χ2v) is 8.39. The van der Waals surface area contributed by atoms with Crippen LogP contribution in [0.15, 0.2) is 40.3 Å². The molecule has 1 fully saturated rings. The summed E-state index contributed by atoms with van der Waals surface area (Å²) < 4.78 is 11.5. The molecule has 0 spiro atoms. The highest BCUT2D eigenvalue weighted by molar-refractivity contribution is 6.46. The van der Waals surface area contributed by atoms with E-state index in [1.807, 2.05) is 39.8 Å². The van der Waals surface area contributed by atoms with Gasteiger partial charge in [0.15, 0.2) is 0 Å². The molecule has 7 nitrogen and oxygen atoms in total. The summed E-state index contributed by atoms with van der Waals surface area (Å²) in [6.45, 7) is 8.45. The Morgan fingerprint density at radius 2 is 1.90 bits per heavy atom. The predicted molar refractivity (Wildman–Crippen MR) is 118 cm³/mol. The van der Waals surface area contributed by atoms with E-state index in [9.17, 15) is 14.7 Å². The normalized spacial score (nSPS) is 18.5. The van der Waals surface area contributed by atoms with Crippen molar-refractivity contribution in [2.24, 2.45) is 0 Å². The number of rotatable bonds is 7. The average Bonchev–Trinajstić information content (AvgIpc) is 3.22. The Balaban J connectivity index is 2.09. The summed E-state index contributed by atoms with van der Waals surface area (Å²) in [4.78, 5) is 29.2. The molecule has 1 unspecified atom stereocenters. The van der Waals surface area contributed by atoms with Crippen molar-refractivity contribution in [1.82, 2.24) is 9.80 Å². The highest BCUT2D eigenvalue weighted by Crippen LogP contribution is 2.40. The highest BCUT2D eigenvalue weighted by atomic mass is 16.5. The average molecular weight is 427 g/mol. The van der Waals surface area contributed by atoms with E-state index in [2.05, 4.69) is 0 Å². The number of hydrogen-bond acceptors (Lipinski definition) is 6. The van der Waals surface area contributed by atoms with Crippen LogP contribution in [0.4, 0.5) is 0 Å². The lowest BCUT2D eigenvalue weighted by atomic mass is 9.98. The third kappa shape index (κ3) is 4.66. The van der Waals surface area contributed by atoms with E-state index in [0.29, 0.717) is 35.9 Å². The lowest BCUT2D eigenvalue weighted by molar-refractivity contribution is -0.140. The van der Waals surface area contributed by atoms with Gasteiger partial charge in [0.1, 0.15) is 29.1 Å². The van der Waals surface area contributed by atoms with E-state index in [1.165, 1.54) is 4.90 Å². The number of ether oxygens (including phenoxy) is 1. The number of nitrogens with zero attached hydrogens (tertiary/aromatic N) is 2. The molecule has 3 rings (SSSR count). The van der Waals surface area contributed by atoms with E-state index in [1.54, 1.807) is 37.3 Å². The molecule has 0 bridgehead atoms. The first kappa shape index (κ1) is 22.6. The van der Waals surface area contributed by atoms with Crippen molar-refractivity contribution in [1.29, 1.82) is 0 Å². The Morgan fingerprint density at radius 1 is 1.19 bits per heavy atom. The fourth-order valence-electron chi connectivity index (χ4n) is 3.65. The number of carbonyl (C=O) groups excluding carboxylic acids is 2.